The fraction of sp³-hybridized carbons (Fsp3) is 0.500. The largest absolute Gasteiger partial charge is 0.133 e. The summed E-state index contributed by atoms with van der Waals surface area (Å²) in [5.74, 6) is 4.25. The molecule has 1 aromatic carbocycles. The molecule has 1 heterocycles. The summed E-state index contributed by atoms with van der Waals surface area (Å²) in [7, 11) is 0.690. The third kappa shape index (κ3) is 2.54. The van der Waals surface area contributed by atoms with Crippen LogP contribution in [0.3, 0.4) is 0 Å². The van der Waals surface area contributed by atoms with Crippen LogP contribution in [0.2, 0.25) is 0 Å². The standard InChI is InChI=1S/C12H16BrS/c1-10-8-12(13)5-4-11(10)9-14-6-2-3-7-14/h4-5,8H,2-3,6-7,9H2,1H3/q+1. The van der Waals surface area contributed by atoms with Gasteiger partial charge in [-0.25, -0.2) is 0 Å². The fourth-order valence-corrected chi connectivity index (χ4v) is 4.86. The molecular weight excluding hydrogens is 256 g/mol. The van der Waals surface area contributed by atoms with Crippen molar-refractivity contribution in [3.05, 3.63) is 33.8 Å². The predicted molar refractivity (Wildman–Crippen MR) is 68.9 cm³/mol. The van der Waals surface area contributed by atoms with Crippen molar-refractivity contribution in [2.75, 3.05) is 11.5 Å². The van der Waals surface area contributed by atoms with Gasteiger partial charge in [0.25, 0.3) is 0 Å². The summed E-state index contributed by atoms with van der Waals surface area (Å²) in [4.78, 5) is 0. The van der Waals surface area contributed by atoms with Crippen LogP contribution in [-0.2, 0) is 16.6 Å². The number of halogens is 1. The van der Waals surface area contributed by atoms with Crippen molar-refractivity contribution < 1.29 is 0 Å². The van der Waals surface area contributed by atoms with Crippen molar-refractivity contribution in [2.24, 2.45) is 0 Å². The van der Waals surface area contributed by atoms with Crippen molar-refractivity contribution in [2.45, 2.75) is 25.5 Å². The quantitative estimate of drug-likeness (QED) is 0.721. The number of aryl methyl sites for hydroxylation is 1. The highest BCUT2D eigenvalue weighted by atomic mass is 79.9. The van der Waals surface area contributed by atoms with Gasteiger partial charge in [0, 0.05) is 10.0 Å². The maximum atomic E-state index is 3.51. The zero-order valence-corrected chi connectivity index (χ0v) is 11.0. The van der Waals surface area contributed by atoms with Crippen LogP contribution in [0.15, 0.2) is 22.7 Å². The second-order valence-corrected chi connectivity index (χ2v) is 7.19. The van der Waals surface area contributed by atoms with Gasteiger partial charge in [-0.3, -0.25) is 0 Å². The van der Waals surface area contributed by atoms with Crippen LogP contribution in [0, 0.1) is 6.92 Å². The van der Waals surface area contributed by atoms with Gasteiger partial charge in [-0.05, 0) is 48.4 Å². The summed E-state index contributed by atoms with van der Waals surface area (Å²) in [6.45, 7) is 2.22. The lowest BCUT2D eigenvalue weighted by molar-refractivity contribution is 0.949. The van der Waals surface area contributed by atoms with E-state index in [4.69, 9.17) is 0 Å². The summed E-state index contributed by atoms with van der Waals surface area (Å²) in [5.41, 5.74) is 3.00. The molecule has 0 radical (unpaired) electrons. The molecule has 14 heavy (non-hydrogen) atoms. The molecule has 0 aliphatic carbocycles. The Bertz CT molecular complexity index is 316. The molecule has 0 bridgehead atoms. The predicted octanol–water partition coefficient (Wildman–Crippen LogP) is 3.67. The number of rotatable bonds is 2. The molecule has 1 fully saturated rings. The van der Waals surface area contributed by atoms with Gasteiger partial charge in [-0.15, -0.1) is 0 Å². The summed E-state index contributed by atoms with van der Waals surface area (Å²) in [5, 5.41) is 0. The van der Waals surface area contributed by atoms with Crippen molar-refractivity contribution in [1.29, 1.82) is 0 Å². The second kappa shape index (κ2) is 4.71. The minimum Gasteiger partial charge on any atom is -0.0530 e. The fourth-order valence-electron chi connectivity index (χ4n) is 1.90. The highest BCUT2D eigenvalue weighted by Gasteiger charge is 2.24. The molecule has 76 valence electrons. The Kier molecular flexibility index (Phi) is 3.56. The smallest absolute Gasteiger partial charge is 0.0530 e. The van der Waals surface area contributed by atoms with Crippen LogP contribution >= 0.6 is 15.9 Å². The highest BCUT2D eigenvalue weighted by Crippen LogP contribution is 2.22. The van der Waals surface area contributed by atoms with Crippen molar-refractivity contribution >= 4 is 26.8 Å². The molecule has 0 atom stereocenters. The topological polar surface area (TPSA) is 0 Å². The number of benzene rings is 1. The zero-order chi connectivity index (χ0) is 9.97. The van der Waals surface area contributed by atoms with E-state index in [0.29, 0.717) is 10.9 Å². The monoisotopic (exact) mass is 271 g/mol. The molecule has 1 aromatic rings. The van der Waals surface area contributed by atoms with Gasteiger partial charge in [0.15, 0.2) is 0 Å². The molecule has 0 unspecified atom stereocenters. The third-order valence-electron chi connectivity index (χ3n) is 2.78. The lowest BCUT2D eigenvalue weighted by atomic mass is 10.1. The van der Waals surface area contributed by atoms with Gasteiger partial charge in [0.2, 0.25) is 0 Å². The zero-order valence-electron chi connectivity index (χ0n) is 8.55. The van der Waals surface area contributed by atoms with Crippen molar-refractivity contribution in [3.8, 4) is 0 Å². The molecule has 1 saturated heterocycles. The van der Waals surface area contributed by atoms with Gasteiger partial charge in [-0.2, -0.15) is 0 Å². The number of hydrogen-bond acceptors (Lipinski definition) is 0. The maximum absolute atomic E-state index is 3.51. The van der Waals surface area contributed by atoms with E-state index in [1.807, 2.05) is 0 Å². The Labute approximate surface area is 97.6 Å². The normalized spacial score (nSPS) is 17.6. The van der Waals surface area contributed by atoms with Crippen LogP contribution < -0.4 is 0 Å². The molecule has 0 saturated carbocycles. The van der Waals surface area contributed by atoms with Gasteiger partial charge in [0.05, 0.1) is 0 Å². The molecule has 0 spiro atoms. The summed E-state index contributed by atoms with van der Waals surface area (Å²) >= 11 is 3.51. The van der Waals surface area contributed by atoms with E-state index < -0.39 is 0 Å². The van der Waals surface area contributed by atoms with Gasteiger partial charge >= 0.3 is 0 Å². The average molecular weight is 272 g/mol. The van der Waals surface area contributed by atoms with E-state index in [-0.39, 0.29) is 0 Å². The lowest BCUT2D eigenvalue weighted by Crippen LogP contribution is -2.07. The first-order valence-electron chi connectivity index (χ1n) is 5.15. The van der Waals surface area contributed by atoms with Crippen LogP contribution in [-0.4, -0.2) is 11.5 Å². The summed E-state index contributed by atoms with van der Waals surface area (Å²) in [6, 6.07) is 6.68. The average Bonchev–Trinajstić information content (AvgIpc) is 2.62. The Morgan fingerprint density at radius 1 is 1.29 bits per heavy atom. The van der Waals surface area contributed by atoms with Crippen LogP contribution in [0.4, 0.5) is 0 Å². The Hall–Kier alpha value is 0.0500. The van der Waals surface area contributed by atoms with Crippen LogP contribution in [0.1, 0.15) is 24.0 Å². The molecule has 2 rings (SSSR count). The van der Waals surface area contributed by atoms with Crippen molar-refractivity contribution in [1.82, 2.24) is 0 Å². The van der Waals surface area contributed by atoms with E-state index in [1.54, 1.807) is 5.56 Å². The number of hydrogen-bond donors (Lipinski definition) is 0. The molecule has 1 aliphatic rings. The maximum Gasteiger partial charge on any atom is 0.133 e. The first kappa shape index (κ1) is 10.6. The molecule has 0 N–H and O–H groups in total. The third-order valence-corrected chi connectivity index (χ3v) is 5.72. The molecule has 0 nitrogen and oxygen atoms in total. The molecular formula is C12H16BrS+. The lowest BCUT2D eigenvalue weighted by Gasteiger charge is -2.05. The van der Waals surface area contributed by atoms with E-state index in [2.05, 4.69) is 41.1 Å². The van der Waals surface area contributed by atoms with Gasteiger partial charge in [-0.1, -0.05) is 22.0 Å². The van der Waals surface area contributed by atoms with Crippen LogP contribution in [0.5, 0.6) is 0 Å². The first-order chi connectivity index (χ1) is 6.75. The molecule has 0 amide bonds. The molecule has 1 aliphatic heterocycles. The first-order valence-corrected chi connectivity index (χ1v) is 7.67. The minimum absolute atomic E-state index is 0.690. The van der Waals surface area contributed by atoms with E-state index in [1.165, 1.54) is 40.1 Å². The summed E-state index contributed by atoms with van der Waals surface area (Å²) in [6.07, 6.45) is 2.91. The summed E-state index contributed by atoms with van der Waals surface area (Å²) < 4.78 is 1.20. The Morgan fingerprint density at radius 2 is 2.00 bits per heavy atom. The Morgan fingerprint density at radius 3 is 2.64 bits per heavy atom. The van der Waals surface area contributed by atoms with E-state index >= 15 is 0 Å². The second-order valence-electron chi connectivity index (χ2n) is 3.94. The molecule has 2 heteroatoms. The van der Waals surface area contributed by atoms with E-state index in [0.717, 1.165) is 0 Å². The highest BCUT2D eigenvalue weighted by molar-refractivity contribution is 9.10. The Balaban J connectivity index is 2.08. The SMILES string of the molecule is Cc1cc(Br)ccc1C[S+]1CCCC1. The van der Waals surface area contributed by atoms with Crippen LogP contribution in [0.25, 0.3) is 0 Å². The minimum atomic E-state index is 0.690. The van der Waals surface area contributed by atoms with E-state index in [9.17, 15) is 0 Å². The van der Waals surface area contributed by atoms with Crippen molar-refractivity contribution in [3.63, 3.8) is 0 Å². The van der Waals surface area contributed by atoms with Gasteiger partial charge < -0.3 is 0 Å². The van der Waals surface area contributed by atoms with Gasteiger partial charge in [0.1, 0.15) is 17.3 Å². The molecule has 0 aromatic heterocycles.